The van der Waals surface area contributed by atoms with E-state index < -0.39 is 0 Å². The zero-order valence-electron chi connectivity index (χ0n) is 13.4. The number of carbonyl (C=O) groups is 1. The predicted octanol–water partition coefficient (Wildman–Crippen LogP) is 0.375. The lowest BCUT2D eigenvalue weighted by molar-refractivity contribution is -0.123. The van der Waals surface area contributed by atoms with Crippen molar-refractivity contribution in [1.82, 2.24) is 10.6 Å². The monoisotopic (exact) mass is 305 g/mol. The van der Waals surface area contributed by atoms with Crippen LogP contribution in [0.15, 0.2) is 35.3 Å². The molecule has 0 fully saturated rings. The first-order valence-corrected chi connectivity index (χ1v) is 7.60. The van der Waals surface area contributed by atoms with E-state index in [1.807, 2.05) is 25.1 Å². The third-order valence-electron chi connectivity index (χ3n) is 3.38. The summed E-state index contributed by atoms with van der Waals surface area (Å²) in [5, 5.41) is 6.08. The molecule has 1 aromatic rings. The number of hydrogen-bond acceptors (Lipinski definition) is 3. The van der Waals surface area contributed by atoms with Gasteiger partial charge >= 0.3 is 0 Å². The van der Waals surface area contributed by atoms with Gasteiger partial charge in [-0.1, -0.05) is 30.3 Å². The Morgan fingerprint density at radius 2 is 1.95 bits per heavy atom. The number of aliphatic imine (C=N–C) groups is 1. The highest BCUT2D eigenvalue weighted by molar-refractivity contribution is 5.82. The van der Waals surface area contributed by atoms with Crippen molar-refractivity contribution in [3.63, 3.8) is 0 Å². The zero-order valence-corrected chi connectivity index (χ0v) is 13.4. The normalized spacial score (nSPS) is 13.2. The summed E-state index contributed by atoms with van der Waals surface area (Å²) in [6.45, 7) is 2.55. The van der Waals surface area contributed by atoms with Gasteiger partial charge in [0.15, 0.2) is 5.96 Å². The number of nitrogens with one attached hydrogen (secondary N) is 2. The molecule has 1 aromatic carbocycles. The van der Waals surface area contributed by atoms with Crippen LogP contribution < -0.4 is 22.1 Å². The van der Waals surface area contributed by atoms with Crippen molar-refractivity contribution in [2.75, 3.05) is 13.6 Å². The molecule has 6 N–H and O–H groups in total. The van der Waals surface area contributed by atoms with Crippen molar-refractivity contribution in [1.29, 1.82) is 0 Å². The molecule has 22 heavy (non-hydrogen) atoms. The molecule has 2 atom stereocenters. The first-order valence-electron chi connectivity index (χ1n) is 7.60. The Hall–Kier alpha value is -2.08. The number of guanidine groups is 1. The molecule has 1 rings (SSSR count). The van der Waals surface area contributed by atoms with Crippen LogP contribution in [0.2, 0.25) is 0 Å². The molecule has 0 spiro atoms. The Labute approximate surface area is 132 Å². The largest absolute Gasteiger partial charge is 0.370 e. The van der Waals surface area contributed by atoms with Crippen LogP contribution in [0.5, 0.6) is 0 Å². The number of likely N-dealkylation sites (N-methyl/N-ethyl adjacent to an activating group) is 1. The molecule has 0 aliphatic heterocycles. The first-order chi connectivity index (χ1) is 10.5. The number of carbonyl (C=O) groups excluding carboxylic acids is 1. The molecular weight excluding hydrogens is 278 g/mol. The van der Waals surface area contributed by atoms with Gasteiger partial charge in [-0.2, -0.15) is 0 Å². The van der Waals surface area contributed by atoms with Crippen LogP contribution in [0.4, 0.5) is 0 Å². The average Bonchev–Trinajstić information content (AvgIpc) is 2.47. The van der Waals surface area contributed by atoms with E-state index in [0.29, 0.717) is 13.0 Å². The number of hydrogen-bond donors (Lipinski definition) is 4. The van der Waals surface area contributed by atoms with Crippen LogP contribution in [0.3, 0.4) is 0 Å². The van der Waals surface area contributed by atoms with Crippen molar-refractivity contribution in [2.24, 2.45) is 16.5 Å². The van der Waals surface area contributed by atoms with E-state index in [1.165, 1.54) is 5.56 Å². The molecule has 0 saturated carbocycles. The molecule has 0 aromatic heterocycles. The maximum Gasteiger partial charge on any atom is 0.237 e. The first kappa shape index (κ1) is 18.0. The number of amides is 1. The highest BCUT2D eigenvalue weighted by Crippen LogP contribution is 2.04. The van der Waals surface area contributed by atoms with E-state index in [-0.39, 0.29) is 24.0 Å². The van der Waals surface area contributed by atoms with E-state index in [0.717, 1.165) is 12.8 Å². The summed E-state index contributed by atoms with van der Waals surface area (Å²) in [5.41, 5.74) is 11.8. The van der Waals surface area contributed by atoms with Gasteiger partial charge in [-0.25, -0.2) is 0 Å². The van der Waals surface area contributed by atoms with Crippen LogP contribution in [-0.2, 0) is 11.2 Å². The van der Waals surface area contributed by atoms with E-state index in [9.17, 15) is 4.79 Å². The third-order valence-corrected chi connectivity index (χ3v) is 3.38. The molecule has 122 valence electrons. The van der Waals surface area contributed by atoms with Gasteiger partial charge in [0, 0.05) is 12.6 Å². The molecule has 6 heteroatoms. The zero-order chi connectivity index (χ0) is 16.4. The van der Waals surface area contributed by atoms with Gasteiger partial charge in [0.05, 0.1) is 6.04 Å². The Kier molecular flexibility index (Phi) is 7.99. The van der Waals surface area contributed by atoms with Gasteiger partial charge in [-0.15, -0.1) is 0 Å². The molecular formula is C16H27N5O. The van der Waals surface area contributed by atoms with Gasteiger partial charge in [0.25, 0.3) is 0 Å². The lowest BCUT2D eigenvalue weighted by Crippen LogP contribution is -2.46. The third kappa shape index (κ3) is 7.08. The minimum Gasteiger partial charge on any atom is -0.370 e. The minimum atomic E-state index is -0.229. The molecule has 0 saturated heterocycles. The Morgan fingerprint density at radius 3 is 2.55 bits per heavy atom. The standard InChI is InChI=1S/C16H27N5O/c1-12(11-13-7-4-3-5-8-13)21-15(22)14(19-2)9-6-10-20-16(17)18/h3-5,7-8,12,14,19H,6,9-11H2,1-2H3,(H,21,22)(H4,17,18,20)/t12-,14-/m0/s1. The fourth-order valence-electron chi connectivity index (χ4n) is 2.27. The van der Waals surface area contributed by atoms with Crippen LogP contribution in [0.25, 0.3) is 0 Å². The molecule has 0 radical (unpaired) electrons. The van der Waals surface area contributed by atoms with Crippen molar-refractivity contribution >= 4 is 11.9 Å². The molecule has 1 amide bonds. The fraction of sp³-hybridized carbons (Fsp3) is 0.500. The van der Waals surface area contributed by atoms with E-state index in [1.54, 1.807) is 7.05 Å². The summed E-state index contributed by atoms with van der Waals surface area (Å²) in [6.07, 6.45) is 2.26. The van der Waals surface area contributed by atoms with Gasteiger partial charge in [0.2, 0.25) is 5.91 Å². The van der Waals surface area contributed by atoms with E-state index >= 15 is 0 Å². The Morgan fingerprint density at radius 1 is 1.27 bits per heavy atom. The summed E-state index contributed by atoms with van der Waals surface area (Å²) in [4.78, 5) is 16.2. The second kappa shape index (κ2) is 9.78. The summed E-state index contributed by atoms with van der Waals surface area (Å²) < 4.78 is 0. The van der Waals surface area contributed by atoms with Crippen molar-refractivity contribution in [3.05, 3.63) is 35.9 Å². The summed E-state index contributed by atoms with van der Waals surface area (Å²) in [6, 6.07) is 9.98. The van der Waals surface area contributed by atoms with Gasteiger partial charge < -0.3 is 22.1 Å². The second-order valence-electron chi connectivity index (χ2n) is 5.39. The number of nitrogens with two attached hydrogens (primary N) is 2. The smallest absolute Gasteiger partial charge is 0.237 e. The van der Waals surface area contributed by atoms with Crippen LogP contribution in [-0.4, -0.2) is 37.5 Å². The second-order valence-corrected chi connectivity index (χ2v) is 5.39. The molecule has 0 aliphatic carbocycles. The maximum atomic E-state index is 12.2. The van der Waals surface area contributed by atoms with Crippen LogP contribution in [0.1, 0.15) is 25.3 Å². The van der Waals surface area contributed by atoms with Gasteiger partial charge in [-0.3, -0.25) is 9.79 Å². The summed E-state index contributed by atoms with van der Waals surface area (Å²) in [5.74, 6) is 0.0950. The fourth-order valence-corrected chi connectivity index (χ4v) is 2.27. The highest BCUT2D eigenvalue weighted by atomic mass is 16.2. The number of benzene rings is 1. The molecule has 6 nitrogen and oxygen atoms in total. The predicted molar refractivity (Wildman–Crippen MR) is 90.5 cm³/mol. The topological polar surface area (TPSA) is 106 Å². The van der Waals surface area contributed by atoms with E-state index in [2.05, 4.69) is 27.8 Å². The Balaban J connectivity index is 2.38. The SMILES string of the molecule is CN[C@@H](CCCN=C(N)N)C(=O)N[C@@H](C)Cc1ccccc1. The average molecular weight is 305 g/mol. The van der Waals surface area contributed by atoms with Gasteiger partial charge in [0.1, 0.15) is 0 Å². The van der Waals surface area contributed by atoms with Crippen molar-refractivity contribution in [2.45, 2.75) is 38.3 Å². The van der Waals surface area contributed by atoms with Crippen molar-refractivity contribution < 1.29 is 4.79 Å². The van der Waals surface area contributed by atoms with E-state index in [4.69, 9.17) is 11.5 Å². The molecule has 0 aliphatic rings. The quantitative estimate of drug-likeness (QED) is 0.300. The van der Waals surface area contributed by atoms with Crippen molar-refractivity contribution in [3.8, 4) is 0 Å². The molecule has 0 bridgehead atoms. The lowest BCUT2D eigenvalue weighted by atomic mass is 10.1. The lowest BCUT2D eigenvalue weighted by Gasteiger charge is -2.20. The Bertz CT molecular complexity index is 471. The van der Waals surface area contributed by atoms with Gasteiger partial charge in [-0.05, 0) is 38.8 Å². The minimum absolute atomic E-state index is 0.00984. The molecule has 0 unspecified atom stereocenters. The molecule has 0 heterocycles. The summed E-state index contributed by atoms with van der Waals surface area (Å²) >= 11 is 0. The highest BCUT2D eigenvalue weighted by Gasteiger charge is 2.17. The maximum absolute atomic E-state index is 12.2. The number of rotatable bonds is 9. The van der Waals surface area contributed by atoms with Crippen LogP contribution >= 0.6 is 0 Å². The number of nitrogens with zero attached hydrogens (tertiary/aromatic N) is 1. The summed E-state index contributed by atoms with van der Waals surface area (Å²) in [7, 11) is 1.78. The van der Waals surface area contributed by atoms with Crippen LogP contribution in [0, 0.1) is 0 Å².